The van der Waals surface area contributed by atoms with Crippen LogP contribution in [0.25, 0.3) is 0 Å². The van der Waals surface area contributed by atoms with E-state index in [2.05, 4.69) is 33.6 Å². The molecule has 0 saturated heterocycles. The number of terminal acetylenes is 1. The number of allylic oxidation sites excluding steroid dienone is 1. The molecule has 0 heterocycles. The second kappa shape index (κ2) is 37.1. The maximum atomic E-state index is 12.6. The molecular formula is C56H78ClF3O12. The number of hydrogen-bond acceptors (Lipinski definition) is 8. The van der Waals surface area contributed by atoms with E-state index in [-0.39, 0.29) is 36.2 Å². The molecule has 1 unspecified atom stereocenters. The van der Waals surface area contributed by atoms with E-state index in [1.165, 1.54) is 101 Å². The molecule has 0 fully saturated rings. The summed E-state index contributed by atoms with van der Waals surface area (Å²) in [5.74, 6) is -1.20. The lowest BCUT2D eigenvalue weighted by atomic mass is 9.86. The predicted molar refractivity (Wildman–Crippen MR) is 277 cm³/mol. The van der Waals surface area contributed by atoms with Crippen LogP contribution in [0.1, 0.15) is 170 Å². The largest absolute Gasteiger partial charge is 0.493 e. The van der Waals surface area contributed by atoms with Crippen LogP contribution in [0, 0.1) is 12.3 Å². The van der Waals surface area contributed by atoms with E-state index in [0.717, 1.165) is 36.5 Å². The Hall–Kier alpha value is -5.72. The molecule has 3 aromatic rings. The van der Waals surface area contributed by atoms with E-state index >= 15 is 0 Å². The number of ether oxygens (including phenoxy) is 3. The minimum atomic E-state index is -5.18. The normalized spacial score (nSPS) is 11.8. The monoisotopic (exact) mass is 1030 g/mol. The summed E-state index contributed by atoms with van der Waals surface area (Å²) in [5.41, 5.74) is -0.555. The number of carbonyl (C=O) groups is 4. The molecule has 16 heteroatoms. The van der Waals surface area contributed by atoms with Gasteiger partial charge >= 0.3 is 30.1 Å². The number of carboxylic acid groups (broad SMARTS) is 4. The van der Waals surface area contributed by atoms with Crippen LogP contribution < -0.4 is 14.2 Å². The van der Waals surface area contributed by atoms with Gasteiger partial charge in [0.2, 0.25) is 0 Å². The third-order valence-corrected chi connectivity index (χ3v) is 11.3. The predicted octanol–water partition coefficient (Wildman–Crippen LogP) is 14.0. The van der Waals surface area contributed by atoms with Crippen LogP contribution in [0.3, 0.4) is 0 Å². The van der Waals surface area contributed by atoms with Crippen molar-refractivity contribution in [1.82, 2.24) is 0 Å². The number of rotatable bonds is 29. The Kier molecular flexibility index (Phi) is 34.1. The van der Waals surface area contributed by atoms with Crippen LogP contribution in [0.4, 0.5) is 13.2 Å². The van der Waals surface area contributed by atoms with Gasteiger partial charge in [0, 0.05) is 17.9 Å². The summed E-state index contributed by atoms with van der Waals surface area (Å²) in [6.45, 7) is 8.68. The first-order valence-corrected chi connectivity index (χ1v) is 24.9. The van der Waals surface area contributed by atoms with Gasteiger partial charge in [-0.3, -0.25) is 9.59 Å². The van der Waals surface area contributed by atoms with Gasteiger partial charge in [-0.15, -0.1) is 6.42 Å². The third kappa shape index (κ3) is 29.6. The molecule has 3 aromatic carbocycles. The lowest BCUT2D eigenvalue weighted by Crippen LogP contribution is -2.51. The molecule has 3 rings (SSSR count). The van der Waals surface area contributed by atoms with E-state index in [9.17, 15) is 37.5 Å². The average Bonchev–Trinajstić information content (AvgIpc) is 3.32. The fraction of sp³-hybridized carbons (Fsp3) is 0.536. The summed E-state index contributed by atoms with van der Waals surface area (Å²) in [6, 6.07) is 17.5. The number of aromatic carboxylic acids is 1. The number of unbranched alkanes of at least 4 members (excludes halogenated alkanes) is 15. The smallest absolute Gasteiger partial charge is 0.428 e. The number of hydrogen-bond donors (Lipinski definition) is 5. The number of aliphatic hydroxyl groups is 1. The van der Waals surface area contributed by atoms with Crippen molar-refractivity contribution in [2.45, 2.75) is 173 Å². The Morgan fingerprint density at radius 2 is 1.17 bits per heavy atom. The molecule has 0 bridgehead atoms. The topological polar surface area (TPSA) is 197 Å². The van der Waals surface area contributed by atoms with Crippen molar-refractivity contribution in [3.8, 4) is 29.6 Å². The van der Waals surface area contributed by atoms with E-state index < -0.39 is 42.1 Å². The van der Waals surface area contributed by atoms with Gasteiger partial charge in [-0.05, 0) is 71.7 Å². The second-order valence-corrected chi connectivity index (χ2v) is 18.6. The quantitative estimate of drug-likeness (QED) is 0.0251. The van der Waals surface area contributed by atoms with Gasteiger partial charge < -0.3 is 39.7 Å². The molecule has 0 aliphatic carbocycles. The Morgan fingerprint density at radius 1 is 0.667 bits per heavy atom. The van der Waals surface area contributed by atoms with Gasteiger partial charge in [0.05, 0.1) is 20.6 Å². The van der Waals surface area contributed by atoms with Crippen LogP contribution in [0.5, 0.6) is 17.2 Å². The minimum Gasteiger partial charge on any atom is -0.493 e. The van der Waals surface area contributed by atoms with Crippen molar-refractivity contribution in [3.63, 3.8) is 0 Å². The van der Waals surface area contributed by atoms with Gasteiger partial charge in [-0.1, -0.05) is 178 Å². The molecule has 1 atom stereocenters. The summed E-state index contributed by atoms with van der Waals surface area (Å²) < 4.78 is 53.0. The van der Waals surface area contributed by atoms with Crippen LogP contribution >= 0.6 is 11.6 Å². The van der Waals surface area contributed by atoms with E-state index in [4.69, 9.17) is 52.7 Å². The highest BCUT2D eigenvalue weighted by atomic mass is 35.5. The van der Waals surface area contributed by atoms with Crippen molar-refractivity contribution < 1.29 is 72.1 Å². The molecule has 0 radical (unpaired) electrons. The first-order valence-electron chi connectivity index (χ1n) is 24.5. The van der Waals surface area contributed by atoms with Crippen molar-refractivity contribution in [1.29, 1.82) is 0 Å². The standard InChI is InChI=1S/C23H41F3O3.C12H16O2.C11H14O4.C10H7ClO3/c1-2-3-4-5-6-7-8-9-10-11-12-13-14-15-16-17-18-19-20-22(29,21(27)28)23(24,25)26;1-12(2,3)10-6-4-9(5-7-10)8-11(13)14;1-14-9-5-3-8(4-6-11(12)13)7-10(9)15-2;1-2-5-14-9-4-3-7(11)6-8(9)10(12)13/h18-19,29H,2-17,20H2,1H3,(H,27,28);4-7H,8H2,1-3H3,(H,13,14);3,5,7H,4,6H2,1-2H3,(H,12,13);1,3-4,6H,5H2,(H,12,13). The first-order chi connectivity index (χ1) is 34.0. The molecule has 5 N–H and O–H groups in total. The van der Waals surface area contributed by atoms with Crippen LogP contribution in [0.15, 0.2) is 72.8 Å². The van der Waals surface area contributed by atoms with Crippen molar-refractivity contribution in [2.75, 3.05) is 20.8 Å². The minimum absolute atomic E-state index is 0.00718. The Morgan fingerprint density at radius 3 is 1.60 bits per heavy atom. The fourth-order valence-electron chi connectivity index (χ4n) is 6.83. The molecule has 12 nitrogen and oxygen atoms in total. The molecule has 0 aliphatic heterocycles. The Bertz CT molecular complexity index is 2090. The van der Waals surface area contributed by atoms with Gasteiger partial charge in [-0.25, -0.2) is 9.59 Å². The highest BCUT2D eigenvalue weighted by Gasteiger charge is 2.59. The zero-order chi connectivity index (χ0) is 54.6. The summed E-state index contributed by atoms with van der Waals surface area (Å²) in [5, 5.41) is 44.2. The zero-order valence-electron chi connectivity index (χ0n) is 43.0. The van der Waals surface area contributed by atoms with Gasteiger partial charge in [0.25, 0.3) is 5.60 Å². The Labute approximate surface area is 429 Å². The molecule has 0 amide bonds. The molecule has 0 aromatic heterocycles. The number of aryl methyl sites for hydroxylation is 1. The lowest BCUT2D eigenvalue weighted by Gasteiger charge is -2.24. The van der Waals surface area contributed by atoms with Crippen LogP contribution in [0.2, 0.25) is 5.02 Å². The van der Waals surface area contributed by atoms with Crippen molar-refractivity contribution >= 4 is 35.5 Å². The number of halogens is 4. The summed E-state index contributed by atoms with van der Waals surface area (Å²) in [6.07, 6.45) is 21.7. The molecule has 0 aliphatic rings. The first kappa shape index (κ1) is 66.3. The van der Waals surface area contributed by atoms with Gasteiger partial charge in [-0.2, -0.15) is 13.2 Å². The maximum absolute atomic E-state index is 12.6. The second-order valence-electron chi connectivity index (χ2n) is 18.1. The zero-order valence-corrected chi connectivity index (χ0v) is 43.7. The number of methoxy groups -OCH3 is 2. The Balaban J connectivity index is 0.000000992. The van der Waals surface area contributed by atoms with Crippen molar-refractivity contribution in [2.24, 2.45) is 0 Å². The fourth-order valence-corrected chi connectivity index (χ4v) is 7.00. The third-order valence-electron chi connectivity index (χ3n) is 11.1. The number of benzene rings is 3. The van der Waals surface area contributed by atoms with Gasteiger partial charge in [0.1, 0.15) is 17.9 Å². The molecular weight excluding hydrogens is 957 g/mol. The molecule has 72 heavy (non-hydrogen) atoms. The van der Waals surface area contributed by atoms with Crippen molar-refractivity contribution in [3.05, 3.63) is 100 Å². The maximum Gasteiger partial charge on any atom is 0.428 e. The van der Waals surface area contributed by atoms with E-state index in [0.29, 0.717) is 29.4 Å². The van der Waals surface area contributed by atoms with Crippen LogP contribution in [-0.2, 0) is 32.6 Å². The van der Waals surface area contributed by atoms with Gasteiger partial charge in [0.15, 0.2) is 11.5 Å². The summed E-state index contributed by atoms with van der Waals surface area (Å²) in [7, 11) is 3.12. The molecule has 0 saturated carbocycles. The summed E-state index contributed by atoms with van der Waals surface area (Å²) in [4.78, 5) is 42.3. The van der Waals surface area contributed by atoms with E-state index in [1.54, 1.807) is 32.4 Å². The SMILES string of the molecule is C#CCOc1ccc(Cl)cc1C(=O)O.CC(C)(C)c1ccc(CC(=O)O)cc1.CCCCCCCCCCCCCCCCCC=CCC(O)(C(=O)O)C(F)(F)F.COc1ccc(CCC(=O)O)cc1OC. The lowest BCUT2D eigenvalue weighted by molar-refractivity contribution is -0.258. The molecule has 402 valence electrons. The summed E-state index contributed by atoms with van der Waals surface area (Å²) >= 11 is 5.64. The highest BCUT2D eigenvalue weighted by Crippen LogP contribution is 2.34. The highest BCUT2D eigenvalue weighted by molar-refractivity contribution is 6.31. The number of alkyl halides is 3. The number of aliphatic carboxylic acids is 3. The van der Waals surface area contributed by atoms with Crippen LogP contribution in [-0.4, -0.2) is 82.0 Å². The van der Waals surface area contributed by atoms with E-state index in [1.807, 2.05) is 30.3 Å². The number of carboxylic acids is 4. The molecule has 0 spiro atoms. The average molecular weight is 1040 g/mol.